The number of rotatable bonds is 8. The monoisotopic (exact) mass is 519 g/mol. The third-order valence-electron chi connectivity index (χ3n) is 7.43. The molecule has 1 N–H and O–H groups in total. The number of aromatic nitrogens is 3. The summed E-state index contributed by atoms with van der Waals surface area (Å²) in [7, 11) is -6.52. The van der Waals surface area contributed by atoms with Gasteiger partial charge >= 0.3 is 0 Å². The van der Waals surface area contributed by atoms with Crippen molar-refractivity contribution in [3.8, 4) is 5.88 Å². The Bertz CT molecular complexity index is 1330. The van der Waals surface area contributed by atoms with E-state index in [0.29, 0.717) is 43.1 Å². The lowest BCUT2D eigenvalue weighted by Gasteiger charge is -2.37. The molecule has 4 aliphatic rings. The highest BCUT2D eigenvalue weighted by atomic mass is 32.2. The van der Waals surface area contributed by atoms with Crippen LogP contribution in [-0.4, -0.2) is 64.8 Å². The zero-order chi connectivity index (χ0) is 24.4. The smallest absolute Gasteiger partial charge is 0.221 e. The molecule has 188 valence electrons. The maximum Gasteiger partial charge on any atom is 0.221 e. The van der Waals surface area contributed by atoms with E-state index in [4.69, 9.17) is 4.74 Å². The molecule has 12 heteroatoms. The molecule has 4 fully saturated rings. The second-order valence-electron chi connectivity index (χ2n) is 10.1. The van der Waals surface area contributed by atoms with Crippen molar-refractivity contribution in [3.05, 3.63) is 30.2 Å². The van der Waals surface area contributed by atoms with Crippen molar-refractivity contribution in [2.24, 2.45) is 0 Å². The van der Waals surface area contributed by atoms with Crippen LogP contribution in [0.25, 0.3) is 0 Å². The van der Waals surface area contributed by atoms with Crippen LogP contribution in [0.5, 0.6) is 5.88 Å². The molecule has 2 aliphatic heterocycles. The molecule has 2 bridgehead atoms. The Morgan fingerprint density at radius 2 is 1.60 bits per heavy atom. The van der Waals surface area contributed by atoms with Gasteiger partial charge in [0.2, 0.25) is 15.9 Å². The highest BCUT2D eigenvalue weighted by Gasteiger charge is 2.52. The van der Waals surface area contributed by atoms with Gasteiger partial charge in [-0.2, -0.15) is 4.31 Å². The van der Waals surface area contributed by atoms with Crippen molar-refractivity contribution < 1.29 is 21.6 Å². The van der Waals surface area contributed by atoms with Crippen LogP contribution in [0.3, 0.4) is 0 Å². The normalized spacial score (nSPS) is 27.1. The summed E-state index contributed by atoms with van der Waals surface area (Å²) in [5.74, 6) is 1.01. The van der Waals surface area contributed by atoms with E-state index in [-0.39, 0.29) is 33.7 Å². The summed E-state index contributed by atoms with van der Waals surface area (Å²) in [6.07, 6.45) is 8.85. The molecular weight excluding hydrogens is 490 g/mol. The number of sulfonamides is 1. The molecule has 4 heterocycles. The minimum atomic E-state index is -3.33. The van der Waals surface area contributed by atoms with Crippen LogP contribution in [0.2, 0.25) is 0 Å². The number of fused-ring (bicyclic) bond motifs is 2. The average molecular weight is 520 g/mol. The van der Waals surface area contributed by atoms with Gasteiger partial charge in [-0.05, 0) is 57.6 Å². The van der Waals surface area contributed by atoms with Crippen LogP contribution < -0.4 is 10.1 Å². The zero-order valence-corrected chi connectivity index (χ0v) is 21.1. The first-order valence-electron chi connectivity index (χ1n) is 12.2. The molecule has 2 saturated heterocycles. The summed E-state index contributed by atoms with van der Waals surface area (Å²) < 4.78 is 58.5. The van der Waals surface area contributed by atoms with Gasteiger partial charge in [-0.15, -0.1) is 0 Å². The predicted octanol–water partition coefficient (Wildman–Crippen LogP) is 2.73. The first-order chi connectivity index (χ1) is 16.7. The average Bonchev–Trinajstić information content (AvgIpc) is 3.73. The second-order valence-corrected chi connectivity index (χ2v) is 14.4. The minimum Gasteiger partial charge on any atom is -0.474 e. The molecule has 0 spiro atoms. The van der Waals surface area contributed by atoms with E-state index in [1.807, 2.05) is 6.92 Å². The van der Waals surface area contributed by atoms with Crippen molar-refractivity contribution >= 4 is 31.4 Å². The van der Waals surface area contributed by atoms with E-state index < -0.39 is 19.9 Å². The maximum atomic E-state index is 12.9. The lowest BCUT2D eigenvalue weighted by Crippen LogP contribution is -2.50. The van der Waals surface area contributed by atoms with Gasteiger partial charge in [0.25, 0.3) is 0 Å². The molecule has 2 aromatic rings. The van der Waals surface area contributed by atoms with Gasteiger partial charge in [0, 0.05) is 24.9 Å². The topological polar surface area (TPSA) is 131 Å². The lowest BCUT2D eigenvalue weighted by atomic mass is 10.0. The highest BCUT2D eigenvalue weighted by molar-refractivity contribution is 7.92. The molecule has 3 atom stereocenters. The molecule has 2 saturated carbocycles. The Labute approximate surface area is 205 Å². The first-order valence-corrected chi connectivity index (χ1v) is 15.3. The van der Waals surface area contributed by atoms with Crippen molar-refractivity contribution in [1.82, 2.24) is 19.3 Å². The predicted molar refractivity (Wildman–Crippen MR) is 129 cm³/mol. The van der Waals surface area contributed by atoms with Crippen molar-refractivity contribution in [1.29, 1.82) is 0 Å². The van der Waals surface area contributed by atoms with Crippen molar-refractivity contribution in [3.63, 3.8) is 0 Å². The summed E-state index contributed by atoms with van der Waals surface area (Å²) in [5, 5.41) is 2.79. The third kappa shape index (κ3) is 4.29. The lowest BCUT2D eigenvalue weighted by molar-refractivity contribution is 0.0910. The summed E-state index contributed by atoms with van der Waals surface area (Å²) in [6.45, 7) is 1.86. The van der Waals surface area contributed by atoms with Crippen LogP contribution in [0.15, 0.2) is 29.7 Å². The van der Waals surface area contributed by atoms with Crippen LogP contribution in [0.4, 0.5) is 11.5 Å². The number of pyridine rings is 1. The Morgan fingerprint density at radius 1 is 0.914 bits per heavy atom. The van der Waals surface area contributed by atoms with Gasteiger partial charge in [0.1, 0.15) is 18.2 Å². The molecule has 0 amide bonds. The van der Waals surface area contributed by atoms with E-state index in [1.165, 1.54) is 18.6 Å². The zero-order valence-electron chi connectivity index (χ0n) is 19.5. The molecule has 2 unspecified atom stereocenters. The van der Waals surface area contributed by atoms with E-state index in [1.54, 1.807) is 10.4 Å². The Balaban J connectivity index is 1.14. The van der Waals surface area contributed by atoms with E-state index in [0.717, 1.165) is 31.2 Å². The van der Waals surface area contributed by atoms with Crippen molar-refractivity contribution in [2.45, 2.75) is 92.0 Å². The first kappa shape index (κ1) is 23.1. The minimum absolute atomic E-state index is 0.000552. The largest absolute Gasteiger partial charge is 0.474 e. The van der Waals surface area contributed by atoms with Gasteiger partial charge in [-0.3, -0.25) is 0 Å². The molecule has 0 aromatic carbocycles. The van der Waals surface area contributed by atoms with Crippen LogP contribution >= 0.6 is 0 Å². The second kappa shape index (κ2) is 8.38. The number of hydrogen-bond donors (Lipinski definition) is 1. The van der Waals surface area contributed by atoms with Gasteiger partial charge in [-0.25, -0.2) is 31.8 Å². The number of nitrogens with zero attached hydrogens (tertiary/aromatic N) is 4. The quantitative estimate of drug-likeness (QED) is 0.559. The van der Waals surface area contributed by atoms with Gasteiger partial charge in [-0.1, -0.05) is 0 Å². The van der Waals surface area contributed by atoms with Crippen molar-refractivity contribution in [2.75, 3.05) is 5.32 Å². The maximum absolute atomic E-state index is 12.9. The van der Waals surface area contributed by atoms with Gasteiger partial charge < -0.3 is 10.1 Å². The third-order valence-corrected chi connectivity index (χ3v) is 12.1. The van der Waals surface area contributed by atoms with E-state index in [9.17, 15) is 16.8 Å². The fourth-order valence-electron chi connectivity index (χ4n) is 5.28. The summed E-state index contributed by atoms with van der Waals surface area (Å²) in [4.78, 5) is 12.8. The summed E-state index contributed by atoms with van der Waals surface area (Å²) in [6, 6.07) is 3.20. The van der Waals surface area contributed by atoms with Gasteiger partial charge in [0.15, 0.2) is 14.9 Å². The molecule has 2 aromatic heterocycles. The summed E-state index contributed by atoms with van der Waals surface area (Å²) in [5.41, 5.74) is 1.34. The molecule has 35 heavy (non-hydrogen) atoms. The number of nitrogens with one attached hydrogen (secondary N) is 1. The molecule has 0 radical (unpaired) electrons. The molecular formula is C23H29N5O5S2. The molecule has 2 aliphatic carbocycles. The SMILES string of the molecule is Cc1c(Nc2ccc(S(=O)(=O)C3CC3)nc2)ncnc1OC1CC2CC[C@@H](C1)N2S(=O)(=O)C1CC1. The fraction of sp³-hybridized carbons (Fsp3) is 0.609. The van der Waals surface area contributed by atoms with Crippen LogP contribution in [-0.2, 0) is 19.9 Å². The van der Waals surface area contributed by atoms with E-state index in [2.05, 4.69) is 20.3 Å². The number of hydrogen-bond acceptors (Lipinski definition) is 9. The number of piperidine rings is 1. The van der Waals surface area contributed by atoms with Gasteiger partial charge in [0.05, 0.1) is 27.9 Å². The standard InChI is InChI=1S/C23H29N5O5S2/c1-14-22(27-15-2-9-21(24-12-15)34(29,30)19-5-6-19)25-13-26-23(14)33-18-10-16-3-4-17(11-18)28(16)35(31,32)20-7-8-20/h2,9,12-13,16-20H,3-8,10-11H2,1H3,(H,25,26,27)/t16-,17?,18?/m0/s1. The fourth-order valence-corrected chi connectivity index (χ4v) is 9.12. The number of ether oxygens (including phenoxy) is 1. The number of anilines is 2. The number of sulfone groups is 1. The molecule has 6 rings (SSSR count). The van der Waals surface area contributed by atoms with Crippen LogP contribution in [0, 0.1) is 6.92 Å². The Morgan fingerprint density at radius 3 is 2.20 bits per heavy atom. The summed E-state index contributed by atoms with van der Waals surface area (Å²) >= 11 is 0. The Hall–Kier alpha value is -2.31. The highest BCUT2D eigenvalue weighted by Crippen LogP contribution is 2.44. The van der Waals surface area contributed by atoms with E-state index >= 15 is 0 Å². The molecule has 10 nitrogen and oxygen atoms in total. The Kier molecular flexibility index (Phi) is 5.53. The van der Waals surface area contributed by atoms with Crippen LogP contribution in [0.1, 0.15) is 56.9 Å².